The molecule has 156 valence electrons. The van der Waals surface area contributed by atoms with Crippen LogP contribution in [-0.4, -0.2) is 23.7 Å². The van der Waals surface area contributed by atoms with Gasteiger partial charge in [0.1, 0.15) is 28.8 Å². The van der Waals surface area contributed by atoms with E-state index >= 15 is 0 Å². The molecule has 0 spiro atoms. The molecule has 1 aliphatic rings. The summed E-state index contributed by atoms with van der Waals surface area (Å²) >= 11 is 0. The van der Waals surface area contributed by atoms with Crippen molar-refractivity contribution in [2.75, 3.05) is 7.11 Å². The van der Waals surface area contributed by atoms with Crippen LogP contribution in [0.2, 0.25) is 0 Å². The Morgan fingerprint density at radius 3 is 2.60 bits per heavy atom. The van der Waals surface area contributed by atoms with Gasteiger partial charge < -0.3 is 24.9 Å². The molecule has 0 radical (unpaired) electrons. The van der Waals surface area contributed by atoms with Gasteiger partial charge in [-0.05, 0) is 52.0 Å². The summed E-state index contributed by atoms with van der Waals surface area (Å²) in [6, 6.07) is 8.79. The van der Waals surface area contributed by atoms with Crippen molar-refractivity contribution in [3.8, 4) is 11.8 Å². The van der Waals surface area contributed by atoms with E-state index in [0.29, 0.717) is 16.7 Å². The van der Waals surface area contributed by atoms with Crippen molar-refractivity contribution in [2.24, 2.45) is 5.73 Å². The summed E-state index contributed by atoms with van der Waals surface area (Å²) in [5.41, 5.74) is 5.49. The van der Waals surface area contributed by atoms with Gasteiger partial charge in [-0.3, -0.25) is 4.79 Å². The van der Waals surface area contributed by atoms with Crippen LogP contribution in [0.5, 0.6) is 5.75 Å². The molecule has 0 amide bonds. The number of methoxy groups -OCH3 is 1. The second kappa shape index (κ2) is 7.59. The summed E-state index contributed by atoms with van der Waals surface area (Å²) in [7, 11) is 1.54. The number of nitrogens with zero attached hydrogens (tertiary/aromatic N) is 1. The number of pyridine rings is 1. The van der Waals surface area contributed by atoms with Crippen molar-refractivity contribution in [1.82, 2.24) is 4.98 Å². The van der Waals surface area contributed by atoms with Crippen LogP contribution in [0.1, 0.15) is 39.2 Å². The quantitative estimate of drug-likeness (QED) is 0.746. The average molecular weight is 409 g/mol. The van der Waals surface area contributed by atoms with E-state index < -0.39 is 23.0 Å². The summed E-state index contributed by atoms with van der Waals surface area (Å²) in [4.78, 5) is 28.7. The maximum Gasteiger partial charge on any atom is 0.338 e. The molecule has 0 saturated heterocycles. The molecule has 0 saturated carbocycles. The van der Waals surface area contributed by atoms with Crippen LogP contribution in [0.15, 0.2) is 51.8 Å². The molecule has 8 nitrogen and oxygen atoms in total. The van der Waals surface area contributed by atoms with E-state index in [1.807, 2.05) is 6.07 Å². The lowest BCUT2D eigenvalue weighted by Gasteiger charge is -2.29. The molecule has 1 aromatic heterocycles. The van der Waals surface area contributed by atoms with Gasteiger partial charge in [0.2, 0.25) is 5.88 Å². The molecule has 8 heteroatoms. The van der Waals surface area contributed by atoms with Crippen LogP contribution in [0.3, 0.4) is 0 Å². The van der Waals surface area contributed by atoms with E-state index in [4.69, 9.17) is 19.9 Å². The number of fused-ring (bicyclic) bond motifs is 1. The monoisotopic (exact) mass is 409 g/mol. The highest BCUT2D eigenvalue weighted by Crippen LogP contribution is 2.39. The number of H-pyrrole nitrogens is 1. The first kappa shape index (κ1) is 21.0. The SMILES string of the molecule is COc1ccc2[nH]c(=O)c(C3C(C#N)=C(N)OC(C)=C3C(=O)OC(C)(C)C)cc2c1. The molecule has 3 N–H and O–H groups in total. The highest BCUT2D eigenvalue weighted by Gasteiger charge is 2.39. The fraction of sp³-hybridized carbons (Fsp3) is 0.318. The molecule has 1 aromatic carbocycles. The third-order valence-electron chi connectivity index (χ3n) is 4.62. The number of nitrogens with one attached hydrogen (secondary N) is 1. The van der Waals surface area contributed by atoms with E-state index in [9.17, 15) is 14.9 Å². The fourth-order valence-electron chi connectivity index (χ4n) is 3.33. The summed E-state index contributed by atoms with van der Waals surface area (Å²) in [5, 5.41) is 10.4. The smallest absolute Gasteiger partial charge is 0.338 e. The number of esters is 1. The number of carbonyl (C=O) groups is 1. The Labute approximate surface area is 173 Å². The van der Waals surface area contributed by atoms with Gasteiger partial charge >= 0.3 is 5.97 Å². The Balaban J connectivity index is 2.26. The van der Waals surface area contributed by atoms with E-state index in [2.05, 4.69) is 4.98 Å². The van der Waals surface area contributed by atoms with Crippen LogP contribution in [0.4, 0.5) is 0 Å². The number of carbonyl (C=O) groups excluding carboxylic acids is 1. The minimum Gasteiger partial charge on any atom is -0.497 e. The van der Waals surface area contributed by atoms with Crippen LogP contribution >= 0.6 is 0 Å². The van der Waals surface area contributed by atoms with Gasteiger partial charge in [-0.2, -0.15) is 5.26 Å². The van der Waals surface area contributed by atoms with Crippen LogP contribution in [0, 0.1) is 11.3 Å². The zero-order valence-electron chi connectivity index (χ0n) is 17.5. The van der Waals surface area contributed by atoms with Crippen molar-refractivity contribution in [2.45, 2.75) is 39.2 Å². The number of aromatic nitrogens is 1. The maximum absolute atomic E-state index is 13.0. The molecule has 2 heterocycles. The first-order valence-electron chi connectivity index (χ1n) is 9.28. The Bertz CT molecular complexity index is 1190. The number of ether oxygens (including phenoxy) is 3. The molecule has 0 aliphatic carbocycles. The minimum absolute atomic E-state index is 0.0331. The largest absolute Gasteiger partial charge is 0.497 e. The summed E-state index contributed by atoms with van der Waals surface area (Å²) in [6.45, 7) is 6.73. The third-order valence-corrected chi connectivity index (χ3v) is 4.62. The third kappa shape index (κ3) is 3.87. The molecule has 0 bridgehead atoms. The predicted molar refractivity (Wildman–Crippen MR) is 110 cm³/mol. The maximum atomic E-state index is 13.0. The van der Waals surface area contributed by atoms with Crippen LogP contribution in [0.25, 0.3) is 10.9 Å². The lowest BCUT2D eigenvalue weighted by molar-refractivity contribution is -0.150. The number of allylic oxidation sites excluding steroid dienone is 2. The number of hydrogen-bond acceptors (Lipinski definition) is 7. The minimum atomic E-state index is -1.03. The van der Waals surface area contributed by atoms with Crippen molar-refractivity contribution < 1.29 is 19.0 Å². The predicted octanol–water partition coefficient (Wildman–Crippen LogP) is 2.96. The molecule has 1 aliphatic heterocycles. The van der Waals surface area contributed by atoms with Gasteiger partial charge in [0.05, 0.1) is 18.6 Å². The van der Waals surface area contributed by atoms with Gasteiger partial charge in [0, 0.05) is 16.5 Å². The number of benzene rings is 1. The molecule has 2 aromatic rings. The first-order valence-corrected chi connectivity index (χ1v) is 9.28. The normalized spacial score (nSPS) is 16.9. The van der Waals surface area contributed by atoms with Gasteiger partial charge in [0.15, 0.2) is 0 Å². The van der Waals surface area contributed by atoms with Crippen molar-refractivity contribution >= 4 is 16.9 Å². The lowest BCUT2D eigenvalue weighted by Crippen LogP contribution is -2.32. The highest BCUT2D eigenvalue weighted by atomic mass is 16.6. The van der Waals surface area contributed by atoms with E-state index in [0.717, 1.165) is 0 Å². The van der Waals surface area contributed by atoms with Crippen molar-refractivity contribution in [3.05, 3.63) is 63.0 Å². The zero-order valence-corrected chi connectivity index (χ0v) is 17.5. The molecular weight excluding hydrogens is 386 g/mol. The standard InChI is InChI=1S/C22H23N3O5/c1-11-17(21(27)30-22(2,3)4)18(15(10-23)19(24)29-11)14-9-12-8-13(28-5)6-7-16(12)25-20(14)26/h6-9,18H,24H2,1-5H3,(H,25,26). The number of nitriles is 1. The summed E-state index contributed by atoms with van der Waals surface area (Å²) in [5.74, 6) is -1.09. The molecule has 30 heavy (non-hydrogen) atoms. The Morgan fingerprint density at radius 1 is 1.30 bits per heavy atom. The lowest BCUT2D eigenvalue weighted by atomic mass is 9.83. The van der Waals surface area contributed by atoms with Gasteiger partial charge in [-0.1, -0.05) is 0 Å². The van der Waals surface area contributed by atoms with Gasteiger partial charge in [-0.15, -0.1) is 0 Å². The number of nitrogens with two attached hydrogens (primary N) is 1. The topological polar surface area (TPSA) is 127 Å². The molecular formula is C22H23N3O5. The number of rotatable bonds is 3. The fourth-order valence-corrected chi connectivity index (χ4v) is 3.33. The van der Waals surface area contributed by atoms with Crippen molar-refractivity contribution in [1.29, 1.82) is 5.26 Å². The van der Waals surface area contributed by atoms with Gasteiger partial charge in [0.25, 0.3) is 5.56 Å². The second-order valence-electron chi connectivity index (χ2n) is 7.90. The summed E-state index contributed by atoms with van der Waals surface area (Å²) in [6.07, 6.45) is 0. The molecule has 3 rings (SSSR count). The Hall–Kier alpha value is -3.73. The van der Waals surface area contributed by atoms with E-state index in [1.54, 1.807) is 52.0 Å². The van der Waals surface area contributed by atoms with E-state index in [-0.39, 0.29) is 28.4 Å². The molecule has 1 atom stereocenters. The molecule has 1 unspecified atom stereocenters. The first-order chi connectivity index (χ1) is 14.1. The Kier molecular flexibility index (Phi) is 5.31. The number of hydrogen-bond donors (Lipinski definition) is 2. The average Bonchev–Trinajstić information content (AvgIpc) is 2.65. The van der Waals surface area contributed by atoms with Crippen LogP contribution < -0.4 is 16.0 Å². The highest BCUT2D eigenvalue weighted by molar-refractivity contribution is 5.93. The number of aromatic amines is 1. The van der Waals surface area contributed by atoms with Gasteiger partial charge in [-0.25, -0.2) is 4.79 Å². The van der Waals surface area contributed by atoms with Crippen LogP contribution in [-0.2, 0) is 14.3 Å². The molecule has 0 fully saturated rings. The Morgan fingerprint density at radius 2 is 2.00 bits per heavy atom. The van der Waals surface area contributed by atoms with Crippen molar-refractivity contribution in [3.63, 3.8) is 0 Å². The summed E-state index contributed by atoms with van der Waals surface area (Å²) < 4.78 is 16.2. The van der Waals surface area contributed by atoms with E-state index in [1.165, 1.54) is 7.11 Å². The zero-order chi connectivity index (χ0) is 22.2. The second-order valence-corrected chi connectivity index (χ2v) is 7.90.